The van der Waals surface area contributed by atoms with E-state index >= 15 is 0 Å². The molecule has 1 heterocycles. The predicted octanol–water partition coefficient (Wildman–Crippen LogP) is 12.6. The smallest absolute Gasteiger partial charge is 0.135 e. The van der Waals surface area contributed by atoms with Crippen molar-refractivity contribution in [2.24, 2.45) is 0 Å². The lowest BCUT2D eigenvalue weighted by atomic mass is 9.79. The summed E-state index contributed by atoms with van der Waals surface area (Å²) in [6.07, 6.45) is 0. The van der Waals surface area contributed by atoms with Crippen LogP contribution >= 0.6 is 0 Å². The summed E-state index contributed by atoms with van der Waals surface area (Å²) in [5.74, 6) is 1.83. The molecule has 10 rings (SSSR count). The molecule has 0 aromatic heterocycles. The number of hydrogen-bond acceptors (Lipinski definition) is 1. The quantitative estimate of drug-likeness (QED) is 0.196. The average Bonchev–Trinajstić information content (AvgIpc) is 3.34. The number of ether oxygens (including phenoxy) is 1. The monoisotopic (exact) mass is 586 g/mol. The second-order valence-electron chi connectivity index (χ2n) is 13.3. The molecule has 0 saturated carbocycles. The third-order valence-corrected chi connectivity index (χ3v) is 10.4. The number of benzene rings is 8. The van der Waals surface area contributed by atoms with E-state index in [1.807, 2.05) is 0 Å². The maximum Gasteiger partial charge on any atom is 0.135 e. The zero-order valence-corrected chi connectivity index (χ0v) is 25.8. The first-order valence-corrected chi connectivity index (χ1v) is 16.1. The zero-order chi connectivity index (χ0) is 30.6. The van der Waals surface area contributed by atoms with Crippen molar-refractivity contribution in [2.45, 2.75) is 19.3 Å². The van der Waals surface area contributed by atoms with Crippen LogP contribution in [0.2, 0.25) is 0 Å². The molecule has 0 radical (unpaired) electrons. The Balaban J connectivity index is 1.25. The Bertz CT molecular complexity index is 2580. The highest BCUT2D eigenvalue weighted by molar-refractivity contribution is 6.06. The van der Waals surface area contributed by atoms with Gasteiger partial charge in [-0.2, -0.15) is 0 Å². The normalized spacial score (nSPS) is 13.8. The van der Waals surface area contributed by atoms with E-state index in [1.165, 1.54) is 82.4 Å². The lowest BCUT2D eigenvalue weighted by Crippen LogP contribution is -2.15. The van der Waals surface area contributed by atoms with Crippen molar-refractivity contribution in [1.82, 2.24) is 0 Å². The van der Waals surface area contributed by atoms with Crippen molar-refractivity contribution in [3.05, 3.63) is 157 Å². The average molecular weight is 587 g/mol. The van der Waals surface area contributed by atoms with Crippen molar-refractivity contribution >= 4 is 32.3 Å². The summed E-state index contributed by atoms with van der Waals surface area (Å²) in [7, 11) is 0. The molecule has 46 heavy (non-hydrogen) atoms. The minimum atomic E-state index is -0.172. The van der Waals surface area contributed by atoms with E-state index in [-0.39, 0.29) is 5.41 Å². The van der Waals surface area contributed by atoms with Gasteiger partial charge >= 0.3 is 0 Å². The molecule has 0 saturated heterocycles. The largest absolute Gasteiger partial charge is 0.456 e. The summed E-state index contributed by atoms with van der Waals surface area (Å²) < 4.78 is 6.46. The second kappa shape index (κ2) is 9.19. The first-order chi connectivity index (χ1) is 22.5. The summed E-state index contributed by atoms with van der Waals surface area (Å²) in [6.45, 7) is 4.80. The fraction of sp³-hybridized carbons (Fsp3) is 0.0667. The lowest BCUT2D eigenvalue weighted by molar-refractivity contribution is 0.487. The Kier molecular flexibility index (Phi) is 5.12. The van der Waals surface area contributed by atoms with E-state index < -0.39 is 0 Å². The molecular weight excluding hydrogens is 556 g/mol. The SMILES string of the molecule is CC1(C)c2cc(-c3ccc4c(c3)-c3cccc5cccc(c35)O4)cc(-c3ccc4ccccc4c3)c2-c2ccc3ccccc3c21. The molecule has 0 bridgehead atoms. The maximum absolute atomic E-state index is 6.46. The topological polar surface area (TPSA) is 9.23 Å². The lowest BCUT2D eigenvalue weighted by Gasteiger charge is -2.25. The van der Waals surface area contributed by atoms with Crippen LogP contribution in [-0.4, -0.2) is 0 Å². The van der Waals surface area contributed by atoms with Gasteiger partial charge in [0.2, 0.25) is 0 Å². The zero-order valence-electron chi connectivity index (χ0n) is 25.8. The third-order valence-electron chi connectivity index (χ3n) is 10.4. The van der Waals surface area contributed by atoms with E-state index in [1.54, 1.807) is 0 Å². The van der Waals surface area contributed by atoms with E-state index in [4.69, 9.17) is 4.74 Å². The third kappa shape index (κ3) is 3.51. The van der Waals surface area contributed by atoms with Crippen LogP contribution in [0.25, 0.3) is 76.8 Å². The Morgan fingerprint density at radius 3 is 2.04 bits per heavy atom. The minimum Gasteiger partial charge on any atom is -0.456 e. The van der Waals surface area contributed by atoms with Crippen molar-refractivity contribution in [1.29, 1.82) is 0 Å². The number of fused-ring (bicyclic) bond motifs is 8. The Morgan fingerprint density at radius 2 is 1.15 bits per heavy atom. The Labute approximate surface area is 268 Å². The molecule has 1 nitrogen and oxygen atoms in total. The van der Waals surface area contributed by atoms with Gasteiger partial charge in [0, 0.05) is 16.4 Å². The van der Waals surface area contributed by atoms with Gasteiger partial charge in [0.05, 0.1) is 0 Å². The standard InChI is InChI=1S/C45H30O/c1-45(2)39-26-33(31-20-22-40-38(24-31)35-15-7-12-29-13-8-16-41(46-40)42(29)35)25-37(32-18-17-27-9-3-4-11-30(27)23-32)43(39)36-21-19-28-10-5-6-14-34(28)44(36)45/h3-26H,1-2H3. The van der Waals surface area contributed by atoms with Gasteiger partial charge in [0.25, 0.3) is 0 Å². The molecule has 216 valence electrons. The van der Waals surface area contributed by atoms with Gasteiger partial charge in [0.15, 0.2) is 0 Å². The van der Waals surface area contributed by atoms with E-state index in [0.29, 0.717) is 0 Å². The summed E-state index contributed by atoms with van der Waals surface area (Å²) in [5, 5.41) is 7.53. The molecule has 8 aromatic carbocycles. The molecular formula is C45H30O. The van der Waals surface area contributed by atoms with Crippen LogP contribution in [0.5, 0.6) is 11.5 Å². The highest BCUT2D eigenvalue weighted by Crippen LogP contribution is 2.56. The molecule has 0 atom stereocenters. The molecule has 0 N–H and O–H groups in total. The number of hydrogen-bond donors (Lipinski definition) is 0. The van der Waals surface area contributed by atoms with Gasteiger partial charge in [-0.05, 0) is 113 Å². The predicted molar refractivity (Wildman–Crippen MR) is 193 cm³/mol. The molecule has 0 unspecified atom stereocenters. The van der Waals surface area contributed by atoms with Crippen molar-refractivity contribution in [2.75, 3.05) is 0 Å². The van der Waals surface area contributed by atoms with Gasteiger partial charge in [-0.1, -0.05) is 123 Å². The van der Waals surface area contributed by atoms with Gasteiger partial charge in [-0.25, -0.2) is 0 Å². The maximum atomic E-state index is 6.46. The van der Waals surface area contributed by atoms with Crippen LogP contribution in [0.4, 0.5) is 0 Å². The summed E-state index contributed by atoms with van der Waals surface area (Å²) in [5.41, 5.74) is 12.6. The Hall–Kier alpha value is -5.66. The highest BCUT2D eigenvalue weighted by Gasteiger charge is 2.39. The van der Waals surface area contributed by atoms with Gasteiger partial charge in [-0.15, -0.1) is 0 Å². The van der Waals surface area contributed by atoms with Crippen LogP contribution < -0.4 is 4.74 Å². The van der Waals surface area contributed by atoms with Crippen LogP contribution in [0, 0.1) is 0 Å². The molecule has 0 fully saturated rings. The van der Waals surface area contributed by atoms with Crippen molar-refractivity contribution in [3.8, 4) is 56.0 Å². The van der Waals surface area contributed by atoms with Crippen molar-refractivity contribution < 1.29 is 4.74 Å². The second-order valence-corrected chi connectivity index (χ2v) is 13.3. The molecule has 1 aliphatic carbocycles. The molecule has 8 aromatic rings. The molecule has 0 amide bonds. The van der Waals surface area contributed by atoms with Gasteiger partial charge in [-0.3, -0.25) is 0 Å². The van der Waals surface area contributed by atoms with Gasteiger partial charge in [0.1, 0.15) is 11.5 Å². The molecule has 2 aliphatic rings. The fourth-order valence-electron chi connectivity index (χ4n) is 8.21. The first-order valence-electron chi connectivity index (χ1n) is 16.1. The van der Waals surface area contributed by atoms with Crippen molar-refractivity contribution in [3.63, 3.8) is 0 Å². The highest BCUT2D eigenvalue weighted by atomic mass is 16.5. The van der Waals surface area contributed by atoms with E-state index in [0.717, 1.165) is 17.1 Å². The first kappa shape index (κ1) is 25.6. The summed E-state index contributed by atoms with van der Waals surface area (Å²) >= 11 is 0. The Morgan fingerprint density at radius 1 is 0.435 bits per heavy atom. The minimum absolute atomic E-state index is 0.172. The van der Waals surface area contributed by atoms with E-state index in [9.17, 15) is 0 Å². The molecule has 1 aliphatic heterocycles. The fourth-order valence-corrected chi connectivity index (χ4v) is 8.21. The van der Waals surface area contributed by atoms with Crippen LogP contribution in [0.15, 0.2) is 146 Å². The van der Waals surface area contributed by atoms with Crippen LogP contribution in [0.1, 0.15) is 25.0 Å². The summed E-state index contributed by atoms with van der Waals surface area (Å²) in [4.78, 5) is 0. The van der Waals surface area contributed by atoms with Crippen LogP contribution in [0.3, 0.4) is 0 Å². The van der Waals surface area contributed by atoms with Crippen LogP contribution in [-0.2, 0) is 5.41 Å². The molecule has 0 spiro atoms. The summed E-state index contributed by atoms with van der Waals surface area (Å²) in [6, 6.07) is 53.5. The molecule has 1 heteroatoms. The van der Waals surface area contributed by atoms with Gasteiger partial charge < -0.3 is 4.74 Å². The van der Waals surface area contributed by atoms with E-state index in [2.05, 4.69) is 159 Å². The number of rotatable bonds is 2.